The van der Waals surface area contributed by atoms with Crippen LogP contribution in [-0.4, -0.2) is 12.5 Å². The normalized spacial score (nSPS) is 16.5. The van der Waals surface area contributed by atoms with E-state index >= 15 is 0 Å². The second-order valence-electron chi connectivity index (χ2n) is 5.86. The number of thioether (sulfide) groups is 3. The van der Waals surface area contributed by atoms with Gasteiger partial charge in [0.1, 0.15) is 0 Å². The largest absolute Gasteiger partial charge is 0.352 e. The van der Waals surface area contributed by atoms with Crippen molar-refractivity contribution in [3.63, 3.8) is 0 Å². The van der Waals surface area contributed by atoms with Crippen molar-refractivity contribution in [2.24, 2.45) is 0 Å². The molecule has 1 aliphatic rings. The van der Waals surface area contributed by atoms with E-state index in [1.165, 1.54) is 54.1 Å². The zero-order chi connectivity index (χ0) is 17.6. The first-order chi connectivity index (χ1) is 11.7. The Morgan fingerprint density at radius 2 is 1.83 bits per heavy atom. The average molecular weight is 386 g/mol. The van der Waals surface area contributed by atoms with E-state index in [4.69, 9.17) is 0 Å². The van der Waals surface area contributed by atoms with Gasteiger partial charge in [0.2, 0.25) is 0 Å². The fourth-order valence-corrected chi connectivity index (χ4v) is 5.21. The van der Waals surface area contributed by atoms with Crippen molar-refractivity contribution < 1.29 is 4.79 Å². The third-order valence-corrected chi connectivity index (χ3v) is 7.48. The van der Waals surface area contributed by atoms with E-state index in [9.17, 15) is 4.79 Å². The maximum atomic E-state index is 12.2. The highest BCUT2D eigenvalue weighted by Gasteiger charge is 2.20. The molecular weight excluding hydrogens is 354 g/mol. The highest BCUT2D eigenvalue weighted by atomic mass is 32.2. The Balaban J connectivity index is 2.12. The Morgan fingerprint density at radius 1 is 1.17 bits per heavy atom. The minimum absolute atomic E-state index is 0.0780. The van der Waals surface area contributed by atoms with Crippen LogP contribution in [0.3, 0.4) is 0 Å². The van der Waals surface area contributed by atoms with Gasteiger partial charge in [0.05, 0.1) is 9.14 Å². The van der Waals surface area contributed by atoms with Gasteiger partial charge >= 0.3 is 0 Å². The molecule has 1 heterocycles. The van der Waals surface area contributed by atoms with Crippen molar-refractivity contribution in [1.82, 2.24) is 5.32 Å². The van der Waals surface area contributed by atoms with E-state index < -0.39 is 0 Å². The molecule has 0 unspecified atom stereocenters. The maximum absolute atomic E-state index is 12.2. The molecule has 1 N–H and O–H groups in total. The SMILES string of the molecule is C/C=C\S/C(C)=C1\SC=C(C(=O)NCCCCCCCCCC)S1. The zero-order valence-electron chi connectivity index (χ0n) is 15.2. The number of unbranched alkanes of at least 4 members (excludes halogenated alkanes) is 7. The molecule has 0 aliphatic carbocycles. The molecule has 0 aromatic rings. The Bertz CT molecular complexity index is 469. The van der Waals surface area contributed by atoms with Gasteiger partial charge in [-0.15, -0.1) is 11.8 Å². The fourth-order valence-electron chi connectivity index (χ4n) is 2.28. The number of hydrogen-bond acceptors (Lipinski definition) is 4. The summed E-state index contributed by atoms with van der Waals surface area (Å²) in [6.07, 6.45) is 12.4. The number of nitrogens with one attached hydrogen (secondary N) is 1. The lowest BCUT2D eigenvalue weighted by molar-refractivity contribution is -0.116. The summed E-state index contributed by atoms with van der Waals surface area (Å²) >= 11 is 4.97. The standard InChI is InChI=1S/C19H31NOS3/c1-4-6-7-8-9-10-11-12-13-20-18(21)17-15-23-19(24-17)16(3)22-14-5-2/h5,14-15H,4,6-13H2,1-3H3,(H,20,21)/b14-5-,19-16+. The number of rotatable bonds is 12. The van der Waals surface area contributed by atoms with Crippen LogP contribution >= 0.6 is 35.3 Å². The summed E-state index contributed by atoms with van der Waals surface area (Å²) in [7, 11) is 0. The Kier molecular flexibility index (Phi) is 12.7. The lowest BCUT2D eigenvalue weighted by Crippen LogP contribution is -2.24. The van der Waals surface area contributed by atoms with Gasteiger partial charge in [-0.2, -0.15) is 0 Å². The molecule has 0 bridgehead atoms. The molecule has 0 aromatic heterocycles. The van der Waals surface area contributed by atoms with Gasteiger partial charge in [-0.3, -0.25) is 4.79 Å². The highest BCUT2D eigenvalue weighted by molar-refractivity contribution is 8.29. The first kappa shape index (κ1) is 21.8. The van der Waals surface area contributed by atoms with Gasteiger partial charge in [0.25, 0.3) is 5.91 Å². The summed E-state index contributed by atoms with van der Waals surface area (Å²) < 4.78 is 1.22. The van der Waals surface area contributed by atoms with Crippen LogP contribution in [0.5, 0.6) is 0 Å². The summed E-state index contributed by atoms with van der Waals surface area (Å²) in [6.45, 7) is 7.17. The van der Waals surface area contributed by atoms with Crippen LogP contribution in [0.15, 0.2) is 30.9 Å². The molecule has 0 radical (unpaired) electrons. The van der Waals surface area contributed by atoms with Crippen LogP contribution < -0.4 is 5.32 Å². The molecule has 136 valence electrons. The molecule has 2 nitrogen and oxygen atoms in total. The number of allylic oxidation sites excluding steroid dienone is 2. The second kappa shape index (κ2) is 14.0. The summed E-state index contributed by atoms with van der Waals surface area (Å²) in [6, 6.07) is 0. The number of carbonyl (C=O) groups is 1. The van der Waals surface area contributed by atoms with E-state index in [2.05, 4.69) is 24.6 Å². The number of amides is 1. The van der Waals surface area contributed by atoms with E-state index in [1.54, 1.807) is 35.3 Å². The Hall–Kier alpha value is -0.260. The van der Waals surface area contributed by atoms with Crippen molar-refractivity contribution in [1.29, 1.82) is 0 Å². The third-order valence-electron chi connectivity index (χ3n) is 3.68. The lowest BCUT2D eigenvalue weighted by atomic mass is 10.1. The predicted molar refractivity (Wildman–Crippen MR) is 114 cm³/mol. The Labute approximate surface area is 160 Å². The second-order valence-corrected chi connectivity index (χ2v) is 9.17. The van der Waals surface area contributed by atoms with Crippen LogP contribution in [0.2, 0.25) is 0 Å². The molecule has 0 atom stereocenters. The number of hydrogen-bond donors (Lipinski definition) is 1. The molecule has 0 fully saturated rings. The van der Waals surface area contributed by atoms with Crippen molar-refractivity contribution in [3.05, 3.63) is 30.9 Å². The van der Waals surface area contributed by atoms with E-state index in [1.807, 2.05) is 18.4 Å². The molecule has 5 heteroatoms. The summed E-state index contributed by atoms with van der Waals surface area (Å²) in [5.41, 5.74) is 0. The molecule has 0 spiro atoms. The molecule has 0 saturated heterocycles. The molecule has 0 aromatic carbocycles. The minimum atomic E-state index is 0.0780. The van der Waals surface area contributed by atoms with Crippen LogP contribution in [0.25, 0.3) is 0 Å². The van der Waals surface area contributed by atoms with E-state index in [0.717, 1.165) is 17.9 Å². The molecule has 24 heavy (non-hydrogen) atoms. The lowest BCUT2D eigenvalue weighted by Gasteiger charge is -2.06. The Morgan fingerprint density at radius 3 is 2.50 bits per heavy atom. The molecule has 0 saturated carbocycles. The molecule has 1 rings (SSSR count). The van der Waals surface area contributed by atoms with Gasteiger partial charge in [0.15, 0.2) is 0 Å². The smallest absolute Gasteiger partial charge is 0.258 e. The first-order valence-corrected chi connectivity index (χ1v) is 11.6. The fraction of sp³-hybridized carbons (Fsp3) is 0.632. The van der Waals surface area contributed by atoms with Crippen LogP contribution in [-0.2, 0) is 4.79 Å². The van der Waals surface area contributed by atoms with Crippen LogP contribution in [0, 0.1) is 0 Å². The van der Waals surface area contributed by atoms with E-state index in [0.29, 0.717) is 0 Å². The topological polar surface area (TPSA) is 29.1 Å². The minimum Gasteiger partial charge on any atom is -0.352 e. The zero-order valence-corrected chi connectivity index (χ0v) is 17.7. The average Bonchev–Trinajstić information content (AvgIpc) is 3.08. The molecule has 1 aliphatic heterocycles. The van der Waals surface area contributed by atoms with Crippen LogP contribution in [0.4, 0.5) is 0 Å². The molecular formula is C19H31NOS3. The van der Waals surface area contributed by atoms with Crippen molar-refractivity contribution in [2.75, 3.05) is 6.54 Å². The van der Waals surface area contributed by atoms with Gasteiger partial charge < -0.3 is 5.32 Å². The van der Waals surface area contributed by atoms with Crippen LogP contribution in [0.1, 0.15) is 72.1 Å². The van der Waals surface area contributed by atoms with Gasteiger partial charge in [-0.1, -0.05) is 81.5 Å². The van der Waals surface area contributed by atoms with Gasteiger partial charge in [-0.25, -0.2) is 0 Å². The quantitative estimate of drug-likeness (QED) is 0.365. The van der Waals surface area contributed by atoms with Crippen molar-refractivity contribution in [2.45, 2.75) is 72.1 Å². The van der Waals surface area contributed by atoms with Gasteiger partial charge in [0, 0.05) is 11.4 Å². The monoisotopic (exact) mass is 385 g/mol. The highest BCUT2D eigenvalue weighted by Crippen LogP contribution is 2.47. The van der Waals surface area contributed by atoms with Crippen molar-refractivity contribution >= 4 is 41.2 Å². The summed E-state index contributed by atoms with van der Waals surface area (Å²) in [5.74, 6) is 0.0780. The van der Waals surface area contributed by atoms with Crippen molar-refractivity contribution in [3.8, 4) is 0 Å². The first-order valence-electron chi connectivity index (χ1n) is 9.00. The third kappa shape index (κ3) is 9.28. The summed E-state index contributed by atoms with van der Waals surface area (Å²) in [5, 5.41) is 7.10. The van der Waals surface area contributed by atoms with Gasteiger partial charge in [-0.05, 0) is 31.1 Å². The number of carbonyl (C=O) groups excluding carboxylic acids is 1. The summed E-state index contributed by atoms with van der Waals surface area (Å²) in [4.78, 5) is 14.3. The van der Waals surface area contributed by atoms with E-state index in [-0.39, 0.29) is 5.91 Å². The molecule has 1 amide bonds. The predicted octanol–water partition coefficient (Wildman–Crippen LogP) is 7.02. The maximum Gasteiger partial charge on any atom is 0.258 e.